The molecule has 0 unspecified atom stereocenters. The molecule has 0 aliphatic heterocycles. The molecule has 0 aromatic carbocycles. The number of nitrogens with zero attached hydrogens (tertiary/aromatic N) is 1. The van der Waals surface area contributed by atoms with Gasteiger partial charge in [0.05, 0.1) is 5.54 Å². The SMILES string of the molecule is CN(C(=O)CCCc1cccs1)C(C)(C)CCl. The van der Waals surface area contributed by atoms with E-state index in [0.717, 1.165) is 12.8 Å². The smallest absolute Gasteiger partial charge is 0.222 e. The molecule has 1 aromatic rings. The monoisotopic (exact) mass is 273 g/mol. The first-order valence-electron chi connectivity index (χ1n) is 5.82. The number of rotatable bonds is 6. The van der Waals surface area contributed by atoms with Gasteiger partial charge in [-0.15, -0.1) is 22.9 Å². The lowest BCUT2D eigenvalue weighted by Gasteiger charge is -2.34. The zero-order valence-corrected chi connectivity index (χ0v) is 12.3. The molecule has 0 aliphatic rings. The first kappa shape index (κ1) is 14.5. The zero-order chi connectivity index (χ0) is 12.9. The van der Waals surface area contributed by atoms with E-state index in [1.54, 1.807) is 16.2 Å². The Labute approximate surface area is 113 Å². The number of carbonyl (C=O) groups is 1. The molecule has 96 valence electrons. The van der Waals surface area contributed by atoms with Gasteiger partial charge in [0.15, 0.2) is 0 Å². The Morgan fingerprint density at radius 3 is 2.76 bits per heavy atom. The third-order valence-corrected chi connectivity index (χ3v) is 4.59. The number of aryl methyl sites for hydroxylation is 1. The van der Waals surface area contributed by atoms with Crippen molar-refractivity contribution in [3.8, 4) is 0 Å². The van der Waals surface area contributed by atoms with Gasteiger partial charge in [0, 0.05) is 24.2 Å². The van der Waals surface area contributed by atoms with Gasteiger partial charge in [0.1, 0.15) is 0 Å². The Balaban J connectivity index is 2.34. The summed E-state index contributed by atoms with van der Waals surface area (Å²) in [5.41, 5.74) is -0.262. The second-order valence-electron chi connectivity index (χ2n) is 4.83. The van der Waals surface area contributed by atoms with Gasteiger partial charge < -0.3 is 4.90 Å². The Kier molecular flexibility index (Phi) is 5.47. The standard InChI is InChI=1S/C13H20ClNOS/c1-13(2,10-14)15(3)12(16)8-4-6-11-7-5-9-17-11/h5,7,9H,4,6,8,10H2,1-3H3. The summed E-state index contributed by atoms with van der Waals surface area (Å²) in [6, 6.07) is 4.16. The van der Waals surface area contributed by atoms with Gasteiger partial charge in [-0.25, -0.2) is 0 Å². The van der Waals surface area contributed by atoms with Crippen molar-refractivity contribution in [2.75, 3.05) is 12.9 Å². The number of alkyl halides is 1. The summed E-state index contributed by atoms with van der Waals surface area (Å²) in [5, 5.41) is 2.07. The number of hydrogen-bond acceptors (Lipinski definition) is 2. The molecule has 0 bridgehead atoms. The normalized spacial score (nSPS) is 11.5. The molecule has 0 fully saturated rings. The Morgan fingerprint density at radius 1 is 1.53 bits per heavy atom. The molecule has 4 heteroatoms. The molecule has 17 heavy (non-hydrogen) atoms. The van der Waals surface area contributed by atoms with Crippen LogP contribution in [0.15, 0.2) is 17.5 Å². The molecule has 0 aliphatic carbocycles. The summed E-state index contributed by atoms with van der Waals surface area (Å²) in [4.78, 5) is 15.1. The van der Waals surface area contributed by atoms with Crippen molar-refractivity contribution in [2.24, 2.45) is 0 Å². The summed E-state index contributed by atoms with van der Waals surface area (Å²) in [6.45, 7) is 3.97. The van der Waals surface area contributed by atoms with Crippen LogP contribution in [0, 0.1) is 0 Å². The number of carbonyl (C=O) groups excluding carboxylic acids is 1. The van der Waals surface area contributed by atoms with E-state index in [1.807, 2.05) is 27.0 Å². The fourth-order valence-electron chi connectivity index (χ4n) is 1.46. The molecule has 1 rings (SSSR count). The average molecular weight is 274 g/mol. The summed E-state index contributed by atoms with van der Waals surface area (Å²) in [6.07, 6.45) is 2.48. The highest BCUT2D eigenvalue weighted by Crippen LogP contribution is 2.17. The third kappa shape index (κ3) is 4.32. The second-order valence-corrected chi connectivity index (χ2v) is 6.13. The van der Waals surface area contributed by atoms with Gasteiger partial charge >= 0.3 is 0 Å². The predicted molar refractivity (Wildman–Crippen MR) is 74.8 cm³/mol. The van der Waals surface area contributed by atoms with E-state index >= 15 is 0 Å². The van der Waals surface area contributed by atoms with Crippen molar-refractivity contribution in [3.63, 3.8) is 0 Å². The number of amides is 1. The van der Waals surface area contributed by atoms with Gasteiger partial charge in [-0.3, -0.25) is 4.79 Å². The van der Waals surface area contributed by atoms with Gasteiger partial charge in [0.25, 0.3) is 0 Å². The quantitative estimate of drug-likeness (QED) is 0.726. The van der Waals surface area contributed by atoms with Crippen LogP contribution in [-0.4, -0.2) is 29.3 Å². The van der Waals surface area contributed by atoms with Crippen molar-refractivity contribution < 1.29 is 4.79 Å². The molecule has 0 saturated heterocycles. The number of halogens is 1. The molecule has 0 saturated carbocycles. The van der Waals surface area contributed by atoms with Gasteiger partial charge in [-0.1, -0.05) is 6.07 Å². The molecule has 1 amide bonds. The lowest BCUT2D eigenvalue weighted by molar-refractivity contribution is -0.134. The lowest BCUT2D eigenvalue weighted by Crippen LogP contribution is -2.46. The Morgan fingerprint density at radius 2 is 2.24 bits per heavy atom. The molecule has 0 spiro atoms. The third-order valence-electron chi connectivity index (χ3n) is 3.00. The molecule has 1 heterocycles. The van der Waals surface area contributed by atoms with Crippen molar-refractivity contribution in [1.82, 2.24) is 4.90 Å². The molecular formula is C13H20ClNOS. The van der Waals surface area contributed by atoms with E-state index in [-0.39, 0.29) is 11.4 Å². The van der Waals surface area contributed by atoms with Crippen molar-refractivity contribution in [2.45, 2.75) is 38.6 Å². The van der Waals surface area contributed by atoms with Crippen LogP contribution in [-0.2, 0) is 11.2 Å². The lowest BCUT2D eigenvalue weighted by atomic mass is 10.1. The zero-order valence-electron chi connectivity index (χ0n) is 10.7. The predicted octanol–water partition coefficient (Wildman–Crippen LogP) is 3.55. The largest absolute Gasteiger partial charge is 0.339 e. The van der Waals surface area contributed by atoms with Crippen LogP contribution < -0.4 is 0 Å². The molecule has 0 N–H and O–H groups in total. The Hall–Kier alpha value is -0.540. The minimum Gasteiger partial charge on any atom is -0.339 e. The van der Waals surface area contributed by atoms with Crippen LogP contribution in [0.1, 0.15) is 31.6 Å². The van der Waals surface area contributed by atoms with Crippen molar-refractivity contribution in [1.29, 1.82) is 0 Å². The van der Waals surface area contributed by atoms with Crippen LogP contribution in [0.3, 0.4) is 0 Å². The van der Waals surface area contributed by atoms with Crippen LogP contribution >= 0.6 is 22.9 Å². The highest BCUT2D eigenvalue weighted by molar-refractivity contribution is 7.09. The topological polar surface area (TPSA) is 20.3 Å². The Bertz CT molecular complexity index is 348. The first-order chi connectivity index (χ1) is 7.97. The van der Waals surface area contributed by atoms with E-state index < -0.39 is 0 Å². The average Bonchev–Trinajstić information content (AvgIpc) is 2.80. The van der Waals surface area contributed by atoms with Crippen LogP contribution in [0.2, 0.25) is 0 Å². The first-order valence-corrected chi connectivity index (χ1v) is 7.24. The second kappa shape index (κ2) is 6.41. The molecule has 0 atom stereocenters. The molecular weight excluding hydrogens is 254 g/mol. The van der Waals surface area contributed by atoms with E-state index in [4.69, 9.17) is 11.6 Å². The minimum absolute atomic E-state index is 0.173. The maximum atomic E-state index is 11.9. The number of hydrogen-bond donors (Lipinski definition) is 0. The van der Waals surface area contributed by atoms with Gasteiger partial charge in [-0.2, -0.15) is 0 Å². The fraction of sp³-hybridized carbons (Fsp3) is 0.615. The van der Waals surface area contributed by atoms with Crippen molar-refractivity contribution >= 4 is 28.8 Å². The fourth-order valence-corrected chi connectivity index (χ4v) is 2.39. The maximum absolute atomic E-state index is 11.9. The van der Waals surface area contributed by atoms with E-state index in [1.165, 1.54) is 4.88 Å². The highest BCUT2D eigenvalue weighted by Gasteiger charge is 2.25. The van der Waals surface area contributed by atoms with E-state index in [0.29, 0.717) is 12.3 Å². The van der Waals surface area contributed by atoms with Gasteiger partial charge in [0.2, 0.25) is 5.91 Å². The molecule has 1 aromatic heterocycles. The highest BCUT2D eigenvalue weighted by atomic mass is 35.5. The summed E-state index contributed by atoms with van der Waals surface area (Å²) in [7, 11) is 1.83. The molecule has 2 nitrogen and oxygen atoms in total. The van der Waals surface area contributed by atoms with E-state index in [2.05, 4.69) is 11.4 Å². The van der Waals surface area contributed by atoms with Crippen LogP contribution in [0.4, 0.5) is 0 Å². The van der Waals surface area contributed by atoms with Crippen molar-refractivity contribution in [3.05, 3.63) is 22.4 Å². The summed E-state index contributed by atoms with van der Waals surface area (Å²) >= 11 is 7.60. The van der Waals surface area contributed by atoms with Crippen LogP contribution in [0.5, 0.6) is 0 Å². The maximum Gasteiger partial charge on any atom is 0.222 e. The number of thiophene rings is 1. The van der Waals surface area contributed by atoms with Gasteiger partial charge in [-0.05, 0) is 38.1 Å². The summed E-state index contributed by atoms with van der Waals surface area (Å²) < 4.78 is 0. The molecule has 0 radical (unpaired) electrons. The van der Waals surface area contributed by atoms with Crippen LogP contribution in [0.25, 0.3) is 0 Å². The minimum atomic E-state index is -0.262. The summed E-state index contributed by atoms with van der Waals surface area (Å²) in [5.74, 6) is 0.632. The van der Waals surface area contributed by atoms with E-state index in [9.17, 15) is 4.79 Å².